The topological polar surface area (TPSA) is 107 Å². The number of nitrogens with one attached hydrogen (secondary N) is 1. The molecule has 0 spiro atoms. The average Bonchev–Trinajstić information content (AvgIpc) is 3.05. The van der Waals surface area contributed by atoms with Gasteiger partial charge in [-0.15, -0.1) is 10.2 Å². The van der Waals surface area contributed by atoms with E-state index in [-0.39, 0.29) is 23.8 Å². The number of carbonyl (C=O) groups excluding carboxylic acids is 1. The number of H-pyrrole nitrogens is 1. The molecule has 0 unspecified atom stereocenters. The van der Waals surface area contributed by atoms with Crippen LogP contribution in [0.1, 0.15) is 23.1 Å². The summed E-state index contributed by atoms with van der Waals surface area (Å²) in [7, 11) is 0. The van der Waals surface area contributed by atoms with Crippen molar-refractivity contribution in [1.29, 1.82) is 0 Å². The number of hydrogen-bond acceptors (Lipinski definition) is 6. The molecular formula is C12H12N6O3. The molecule has 3 rings (SSSR count). The molecule has 0 radical (unpaired) electrons. The van der Waals surface area contributed by atoms with Crippen LogP contribution in [0.5, 0.6) is 0 Å². The summed E-state index contributed by atoms with van der Waals surface area (Å²) in [5, 5.41) is 11.8. The molecule has 1 N–H and O–H groups in total. The minimum absolute atomic E-state index is 0.0899. The predicted molar refractivity (Wildman–Crippen MR) is 71.4 cm³/mol. The molecule has 21 heavy (non-hydrogen) atoms. The lowest BCUT2D eigenvalue weighted by molar-refractivity contribution is 0.0518. The lowest BCUT2D eigenvalue weighted by atomic mass is 10.3. The van der Waals surface area contributed by atoms with Crippen molar-refractivity contribution in [2.24, 2.45) is 0 Å². The number of carbonyl (C=O) groups is 1. The van der Waals surface area contributed by atoms with Crippen LogP contribution in [0.25, 0.3) is 11.5 Å². The summed E-state index contributed by atoms with van der Waals surface area (Å²) >= 11 is 0. The van der Waals surface area contributed by atoms with Crippen molar-refractivity contribution >= 4 is 11.5 Å². The summed E-state index contributed by atoms with van der Waals surface area (Å²) in [6.07, 6.45) is 1.65. The number of nitrogens with zero attached hydrogens (tertiary/aromatic N) is 5. The monoisotopic (exact) mass is 288 g/mol. The van der Waals surface area contributed by atoms with E-state index in [9.17, 15) is 9.59 Å². The van der Waals surface area contributed by atoms with E-state index in [2.05, 4.69) is 20.4 Å². The standard InChI is InChI=1S/C12H12N6O3/c1-3-21-11(20)9-7(2)18(16-14-9)12-13-10(19)8-5-4-6-17(8)15-12/h4-6H,3H2,1-2H3,(H,13,15,19). The molecule has 3 heterocycles. The molecular weight excluding hydrogens is 276 g/mol. The Balaban J connectivity index is 2.11. The fourth-order valence-electron chi connectivity index (χ4n) is 1.95. The molecule has 9 nitrogen and oxygen atoms in total. The van der Waals surface area contributed by atoms with Gasteiger partial charge in [0.15, 0.2) is 5.69 Å². The Morgan fingerprint density at radius 3 is 3.05 bits per heavy atom. The van der Waals surface area contributed by atoms with E-state index < -0.39 is 5.97 Å². The number of aromatic amines is 1. The number of fused-ring (bicyclic) bond motifs is 1. The zero-order chi connectivity index (χ0) is 15.0. The zero-order valence-corrected chi connectivity index (χ0v) is 11.4. The van der Waals surface area contributed by atoms with E-state index >= 15 is 0 Å². The third kappa shape index (κ3) is 2.08. The van der Waals surface area contributed by atoms with Crippen molar-refractivity contribution in [3.8, 4) is 5.95 Å². The Bertz CT molecular complexity index is 875. The maximum Gasteiger partial charge on any atom is 0.360 e. The van der Waals surface area contributed by atoms with E-state index in [1.807, 2.05) is 0 Å². The Kier molecular flexibility index (Phi) is 3.01. The van der Waals surface area contributed by atoms with Gasteiger partial charge in [0.2, 0.25) is 0 Å². The van der Waals surface area contributed by atoms with Crippen LogP contribution in [0.2, 0.25) is 0 Å². The quantitative estimate of drug-likeness (QED) is 0.684. The molecule has 0 amide bonds. The van der Waals surface area contributed by atoms with Gasteiger partial charge in [-0.2, -0.15) is 4.68 Å². The second-order valence-corrected chi connectivity index (χ2v) is 4.27. The summed E-state index contributed by atoms with van der Waals surface area (Å²) in [5.74, 6) is -0.394. The Morgan fingerprint density at radius 2 is 2.29 bits per heavy atom. The fraction of sp³-hybridized carbons (Fsp3) is 0.250. The molecule has 3 aromatic rings. The molecule has 0 aliphatic rings. The van der Waals surface area contributed by atoms with Crippen LogP contribution < -0.4 is 5.56 Å². The first-order chi connectivity index (χ1) is 10.1. The van der Waals surface area contributed by atoms with Crippen molar-refractivity contribution in [2.45, 2.75) is 13.8 Å². The van der Waals surface area contributed by atoms with Crippen molar-refractivity contribution < 1.29 is 9.53 Å². The van der Waals surface area contributed by atoms with E-state index in [1.54, 1.807) is 32.2 Å². The first-order valence-corrected chi connectivity index (χ1v) is 6.29. The molecule has 0 atom stereocenters. The van der Waals surface area contributed by atoms with Gasteiger partial charge in [0.05, 0.1) is 12.3 Å². The number of ether oxygens (including phenoxy) is 1. The highest BCUT2D eigenvalue weighted by Gasteiger charge is 2.19. The summed E-state index contributed by atoms with van der Waals surface area (Å²) < 4.78 is 7.60. The Labute approximate surface area is 118 Å². The summed E-state index contributed by atoms with van der Waals surface area (Å²) in [6, 6.07) is 3.35. The molecule has 0 saturated heterocycles. The van der Waals surface area contributed by atoms with Crippen molar-refractivity contribution in [3.05, 3.63) is 40.1 Å². The van der Waals surface area contributed by atoms with Gasteiger partial charge in [-0.1, -0.05) is 5.21 Å². The molecule has 0 aromatic carbocycles. The maximum atomic E-state index is 11.9. The normalized spacial score (nSPS) is 11.0. The zero-order valence-electron chi connectivity index (χ0n) is 11.4. The highest BCUT2D eigenvalue weighted by Crippen LogP contribution is 2.09. The van der Waals surface area contributed by atoms with Gasteiger partial charge in [0.25, 0.3) is 11.5 Å². The third-order valence-electron chi connectivity index (χ3n) is 2.95. The lowest BCUT2D eigenvalue weighted by Crippen LogP contribution is -2.18. The number of aromatic nitrogens is 6. The fourth-order valence-corrected chi connectivity index (χ4v) is 1.95. The summed E-state index contributed by atoms with van der Waals surface area (Å²) in [5.41, 5.74) is 0.634. The van der Waals surface area contributed by atoms with Gasteiger partial charge < -0.3 is 4.74 Å². The van der Waals surface area contributed by atoms with E-state index in [0.29, 0.717) is 11.2 Å². The number of rotatable bonds is 3. The van der Waals surface area contributed by atoms with Gasteiger partial charge in [0, 0.05) is 6.20 Å². The average molecular weight is 288 g/mol. The van der Waals surface area contributed by atoms with Gasteiger partial charge in [-0.3, -0.25) is 9.78 Å². The highest BCUT2D eigenvalue weighted by atomic mass is 16.5. The Morgan fingerprint density at radius 1 is 1.48 bits per heavy atom. The van der Waals surface area contributed by atoms with Crippen LogP contribution in [0.15, 0.2) is 23.1 Å². The lowest BCUT2D eigenvalue weighted by Gasteiger charge is -2.03. The molecule has 0 aliphatic carbocycles. The number of esters is 1. The first kappa shape index (κ1) is 13.0. The minimum Gasteiger partial charge on any atom is -0.461 e. The second kappa shape index (κ2) is 4.85. The largest absolute Gasteiger partial charge is 0.461 e. The molecule has 0 bridgehead atoms. The Hall–Kier alpha value is -2.97. The van der Waals surface area contributed by atoms with Crippen LogP contribution in [0, 0.1) is 6.92 Å². The van der Waals surface area contributed by atoms with Gasteiger partial charge in [-0.25, -0.2) is 9.31 Å². The molecule has 0 fully saturated rings. The van der Waals surface area contributed by atoms with Gasteiger partial charge in [-0.05, 0) is 26.0 Å². The smallest absolute Gasteiger partial charge is 0.360 e. The van der Waals surface area contributed by atoms with Crippen molar-refractivity contribution in [1.82, 2.24) is 29.6 Å². The van der Waals surface area contributed by atoms with Gasteiger partial charge in [0.1, 0.15) is 5.52 Å². The molecule has 0 saturated carbocycles. The van der Waals surface area contributed by atoms with E-state index in [1.165, 1.54) is 9.20 Å². The first-order valence-electron chi connectivity index (χ1n) is 6.29. The number of hydrogen-bond donors (Lipinski definition) is 1. The van der Waals surface area contributed by atoms with E-state index in [4.69, 9.17) is 4.74 Å². The van der Waals surface area contributed by atoms with Crippen LogP contribution in [-0.2, 0) is 4.74 Å². The highest BCUT2D eigenvalue weighted by molar-refractivity contribution is 5.88. The molecule has 108 valence electrons. The predicted octanol–water partition coefficient (Wildman–Crippen LogP) is 0.0884. The summed E-state index contributed by atoms with van der Waals surface area (Å²) in [6.45, 7) is 3.60. The second-order valence-electron chi connectivity index (χ2n) is 4.27. The maximum absolute atomic E-state index is 11.9. The molecule has 9 heteroatoms. The molecule has 0 aliphatic heterocycles. The van der Waals surface area contributed by atoms with E-state index in [0.717, 1.165) is 0 Å². The SMILES string of the molecule is CCOC(=O)c1nnn(-c2nn3cccc3c(=O)[nH]2)c1C. The minimum atomic E-state index is -0.564. The third-order valence-corrected chi connectivity index (χ3v) is 2.95. The van der Waals surface area contributed by atoms with Crippen LogP contribution in [0.3, 0.4) is 0 Å². The van der Waals surface area contributed by atoms with Crippen LogP contribution in [0.4, 0.5) is 0 Å². The molecule has 3 aromatic heterocycles. The summed E-state index contributed by atoms with van der Waals surface area (Å²) in [4.78, 5) is 26.2. The van der Waals surface area contributed by atoms with Crippen LogP contribution in [-0.4, -0.2) is 42.2 Å². The van der Waals surface area contributed by atoms with Gasteiger partial charge >= 0.3 is 5.97 Å². The van der Waals surface area contributed by atoms with Crippen LogP contribution >= 0.6 is 0 Å². The van der Waals surface area contributed by atoms with Crippen molar-refractivity contribution in [2.75, 3.05) is 6.61 Å². The van der Waals surface area contributed by atoms with Crippen molar-refractivity contribution in [3.63, 3.8) is 0 Å².